The van der Waals surface area contributed by atoms with Gasteiger partial charge in [-0.25, -0.2) is 0 Å². The molecule has 0 radical (unpaired) electrons. The van der Waals surface area contributed by atoms with Gasteiger partial charge in [0.2, 0.25) is 0 Å². The van der Waals surface area contributed by atoms with Crippen LogP contribution in [0.2, 0.25) is 0 Å². The Morgan fingerprint density at radius 3 is 1.73 bits per heavy atom. The van der Waals surface area contributed by atoms with Crippen molar-refractivity contribution in [1.82, 2.24) is 0 Å². The summed E-state index contributed by atoms with van der Waals surface area (Å²) in [6.45, 7) is 0. The molecular weight excluding hydrogens is 708 g/mol. The van der Waals surface area contributed by atoms with Crippen molar-refractivity contribution in [3.05, 3.63) is 78.4 Å². The lowest BCUT2D eigenvalue weighted by Crippen LogP contribution is -2.04. The van der Waals surface area contributed by atoms with Gasteiger partial charge in [0.05, 0.1) is 33.2 Å². The molecule has 6 N–H and O–H groups in total. The summed E-state index contributed by atoms with van der Waals surface area (Å²) >= 11 is 0. The zero-order chi connectivity index (χ0) is 35.4. The molecular formula is C27H18F3N5O10S3. The maximum Gasteiger partial charge on any atom is 0.416 e. The second-order valence-corrected chi connectivity index (χ2v) is 14.1. The minimum absolute atomic E-state index is 0.0309. The lowest BCUT2D eigenvalue weighted by Gasteiger charge is -2.11. The van der Waals surface area contributed by atoms with Gasteiger partial charge in [-0.1, -0.05) is 6.07 Å². The summed E-state index contributed by atoms with van der Waals surface area (Å²) in [7, 11) is -14.9. The Morgan fingerprint density at radius 1 is 0.604 bits per heavy atom. The number of alkyl halides is 3. The third-order valence-corrected chi connectivity index (χ3v) is 9.33. The SMILES string of the molecule is Nc1cc2c(O)c(/N=N/c3ccc(/N=N/c4ccc(C(F)(F)F)cc4)c4ccc(S(=O)(=O)O)cc34)c(S(=O)(=O)O)cc2cc1S(=O)(=O)O. The number of aromatic hydroxyl groups is 1. The fourth-order valence-electron chi connectivity index (χ4n) is 4.47. The van der Waals surface area contributed by atoms with E-state index in [0.717, 1.165) is 54.6 Å². The normalized spacial score (nSPS) is 13.3. The van der Waals surface area contributed by atoms with Crippen LogP contribution in [0.4, 0.5) is 41.6 Å². The molecule has 0 aliphatic carbocycles. The van der Waals surface area contributed by atoms with E-state index in [0.29, 0.717) is 0 Å². The van der Waals surface area contributed by atoms with Crippen LogP contribution in [-0.4, -0.2) is 44.0 Å². The molecule has 0 atom stereocenters. The Hall–Kier alpha value is -5.06. The van der Waals surface area contributed by atoms with E-state index in [-0.39, 0.29) is 38.6 Å². The minimum Gasteiger partial charge on any atom is -0.505 e. The molecule has 0 fully saturated rings. The number of nitrogens with two attached hydrogens (primary N) is 1. The van der Waals surface area contributed by atoms with E-state index in [2.05, 4.69) is 20.5 Å². The maximum absolute atomic E-state index is 12.9. The third-order valence-electron chi connectivity index (χ3n) is 6.70. The summed E-state index contributed by atoms with van der Waals surface area (Å²) < 4.78 is 139. The van der Waals surface area contributed by atoms with Crippen LogP contribution in [0.15, 0.2) is 108 Å². The second-order valence-electron chi connectivity index (χ2n) is 9.86. The van der Waals surface area contributed by atoms with Gasteiger partial charge in [-0.2, -0.15) is 43.5 Å². The van der Waals surface area contributed by atoms with Crippen molar-refractivity contribution in [1.29, 1.82) is 0 Å². The third kappa shape index (κ3) is 6.95. The largest absolute Gasteiger partial charge is 0.505 e. The van der Waals surface area contributed by atoms with Gasteiger partial charge in [-0.3, -0.25) is 13.7 Å². The number of rotatable bonds is 7. The van der Waals surface area contributed by atoms with Crippen LogP contribution in [0.25, 0.3) is 21.5 Å². The van der Waals surface area contributed by atoms with Gasteiger partial charge in [0.15, 0.2) is 5.75 Å². The van der Waals surface area contributed by atoms with E-state index in [1.165, 1.54) is 18.2 Å². The average Bonchev–Trinajstić information content (AvgIpc) is 2.97. The lowest BCUT2D eigenvalue weighted by atomic mass is 10.1. The number of halogens is 3. The summed E-state index contributed by atoms with van der Waals surface area (Å²) in [5.41, 5.74) is 3.26. The molecule has 5 aromatic carbocycles. The molecule has 0 heterocycles. The molecule has 0 spiro atoms. The fourth-order valence-corrected chi connectivity index (χ4v) is 6.27. The van der Waals surface area contributed by atoms with Crippen LogP contribution in [0, 0.1) is 0 Å². The molecule has 0 bridgehead atoms. The fraction of sp³-hybridized carbons (Fsp3) is 0.0370. The molecule has 0 amide bonds. The first-order chi connectivity index (χ1) is 22.1. The number of benzene rings is 5. The van der Waals surface area contributed by atoms with Crippen LogP contribution in [0.3, 0.4) is 0 Å². The molecule has 0 saturated heterocycles. The van der Waals surface area contributed by atoms with Crippen molar-refractivity contribution in [2.24, 2.45) is 20.5 Å². The van der Waals surface area contributed by atoms with Crippen molar-refractivity contribution >= 4 is 80.3 Å². The van der Waals surface area contributed by atoms with Crippen LogP contribution in [0.1, 0.15) is 5.56 Å². The Balaban J connectivity index is 1.67. The Kier molecular flexibility index (Phi) is 8.48. The zero-order valence-corrected chi connectivity index (χ0v) is 25.8. The first kappa shape index (κ1) is 34.3. The van der Waals surface area contributed by atoms with Gasteiger partial charge in [0, 0.05) is 16.2 Å². The molecule has 5 rings (SSSR count). The van der Waals surface area contributed by atoms with Crippen molar-refractivity contribution < 1.29 is 57.2 Å². The lowest BCUT2D eigenvalue weighted by molar-refractivity contribution is -0.137. The predicted molar refractivity (Wildman–Crippen MR) is 163 cm³/mol. The Morgan fingerprint density at radius 2 is 1.17 bits per heavy atom. The van der Waals surface area contributed by atoms with Crippen LogP contribution in [0.5, 0.6) is 5.75 Å². The van der Waals surface area contributed by atoms with Gasteiger partial charge >= 0.3 is 6.18 Å². The number of azo groups is 2. The summed E-state index contributed by atoms with van der Waals surface area (Å²) in [4.78, 5) is -2.48. The highest BCUT2D eigenvalue weighted by molar-refractivity contribution is 7.86. The Bertz CT molecular complexity index is 2540. The number of hydrogen-bond acceptors (Lipinski definition) is 12. The molecule has 48 heavy (non-hydrogen) atoms. The first-order valence-corrected chi connectivity index (χ1v) is 17.1. The standard InChI is InChI=1S/C27H18F3N5O10S3/c28-27(29,30)14-1-3-15(4-2-14)32-33-21-7-8-22(19-11-16(46(37,38)39)5-6-17(19)21)34-35-25-24(48(43,44)45)10-13-9-23(47(40,41)42)20(31)12-18(13)26(25)36/h1-12,36H,31H2,(H,37,38,39)(H,40,41,42)(H,43,44,45)/b33-32+,35-34+. The molecule has 0 aliphatic rings. The van der Waals surface area contributed by atoms with Crippen LogP contribution >= 0.6 is 0 Å². The topological polar surface area (TPSA) is 259 Å². The number of nitrogens with zero attached hydrogens (tertiary/aromatic N) is 4. The van der Waals surface area contributed by atoms with Gasteiger partial charge in [0.25, 0.3) is 30.4 Å². The molecule has 21 heteroatoms. The molecule has 15 nitrogen and oxygen atoms in total. The smallest absolute Gasteiger partial charge is 0.416 e. The van der Waals surface area contributed by atoms with Crippen LogP contribution < -0.4 is 5.73 Å². The summed E-state index contributed by atoms with van der Waals surface area (Å²) in [6, 6.07) is 11.7. The summed E-state index contributed by atoms with van der Waals surface area (Å²) in [5, 5.41) is 26.0. The predicted octanol–water partition coefficient (Wildman–Crippen LogP) is 6.87. The average molecular weight is 726 g/mol. The van der Waals surface area contributed by atoms with E-state index in [1.807, 2.05) is 0 Å². The minimum atomic E-state index is -5.19. The number of hydrogen-bond donors (Lipinski definition) is 5. The van der Waals surface area contributed by atoms with Crippen molar-refractivity contribution in [3.63, 3.8) is 0 Å². The highest BCUT2D eigenvalue weighted by atomic mass is 32.2. The summed E-state index contributed by atoms with van der Waals surface area (Å²) in [6.07, 6.45) is -4.58. The van der Waals surface area contributed by atoms with E-state index in [1.54, 1.807) is 0 Å². The highest BCUT2D eigenvalue weighted by Gasteiger charge is 2.30. The van der Waals surface area contributed by atoms with Gasteiger partial charge in [-0.05, 0) is 72.1 Å². The zero-order valence-electron chi connectivity index (χ0n) is 23.4. The van der Waals surface area contributed by atoms with E-state index < -0.39 is 73.9 Å². The quantitative estimate of drug-likeness (QED) is 0.0656. The summed E-state index contributed by atoms with van der Waals surface area (Å²) in [5.74, 6) is -0.942. The molecule has 0 aliphatic heterocycles. The van der Waals surface area contributed by atoms with Crippen molar-refractivity contribution in [2.45, 2.75) is 20.9 Å². The molecule has 250 valence electrons. The molecule has 0 saturated carbocycles. The van der Waals surface area contributed by atoms with Gasteiger partial charge in [0.1, 0.15) is 15.5 Å². The highest BCUT2D eigenvalue weighted by Crippen LogP contribution is 2.44. The molecule has 0 unspecified atom stereocenters. The Labute approximate surface area is 268 Å². The van der Waals surface area contributed by atoms with E-state index >= 15 is 0 Å². The molecule has 0 aromatic heterocycles. The number of nitrogen functional groups attached to an aromatic ring is 1. The van der Waals surface area contributed by atoms with E-state index in [9.17, 15) is 57.2 Å². The second kappa shape index (κ2) is 11.9. The van der Waals surface area contributed by atoms with Gasteiger partial charge in [-0.15, -0.1) is 15.3 Å². The van der Waals surface area contributed by atoms with E-state index in [4.69, 9.17) is 5.73 Å². The number of fused-ring (bicyclic) bond motifs is 2. The van der Waals surface area contributed by atoms with Crippen molar-refractivity contribution in [3.8, 4) is 5.75 Å². The molecule has 5 aromatic rings. The monoisotopic (exact) mass is 725 g/mol. The van der Waals surface area contributed by atoms with Crippen molar-refractivity contribution in [2.75, 3.05) is 5.73 Å². The number of phenols is 1. The maximum atomic E-state index is 12.9. The van der Waals surface area contributed by atoms with Gasteiger partial charge < -0.3 is 10.8 Å². The van der Waals surface area contributed by atoms with Crippen LogP contribution in [-0.2, 0) is 36.5 Å². The number of phenolic OH excluding ortho intramolecular Hbond substituents is 1. The number of anilines is 1. The first-order valence-electron chi connectivity index (χ1n) is 12.7.